The lowest BCUT2D eigenvalue weighted by atomic mass is 10.2. The van der Waals surface area contributed by atoms with Crippen molar-refractivity contribution in [1.29, 1.82) is 0 Å². The SMILES string of the molecule is NC(CC(=O)O)C(=O)NCCn1cnc(C(=O)O)c1. The molecule has 9 nitrogen and oxygen atoms in total. The van der Waals surface area contributed by atoms with Crippen molar-refractivity contribution < 1.29 is 24.6 Å². The molecular weight excluding hydrogens is 256 g/mol. The molecule has 0 aliphatic carbocycles. The second-order valence-corrected chi connectivity index (χ2v) is 3.80. The smallest absolute Gasteiger partial charge is 0.356 e. The molecule has 0 fully saturated rings. The Hall–Kier alpha value is -2.42. The van der Waals surface area contributed by atoms with Gasteiger partial charge in [-0.2, -0.15) is 0 Å². The number of rotatable bonds is 7. The van der Waals surface area contributed by atoms with Crippen LogP contribution in [0.1, 0.15) is 16.9 Å². The van der Waals surface area contributed by atoms with Crippen LogP contribution in [-0.4, -0.2) is 50.2 Å². The van der Waals surface area contributed by atoms with E-state index < -0.39 is 30.3 Å². The third-order valence-electron chi connectivity index (χ3n) is 2.25. The topological polar surface area (TPSA) is 148 Å². The Labute approximate surface area is 108 Å². The van der Waals surface area contributed by atoms with Crippen LogP contribution in [-0.2, 0) is 16.1 Å². The summed E-state index contributed by atoms with van der Waals surface area (Å²) in [4.78, 5) is 35.9. The van der Waals surface area contributed by atoms with E-state index in [1.807, 2.05) is 0 Å². The second kappa shape index (κ2) is 6.50. The van der Waals surface area contributed by atoms with Gasteiger partial charge in [0, 0.05) is 19.3 Å². The standard InChI is InChI=1S/C10H14N4O5/c11-6(3-8(15)16)9(17)12-1-2-14-4-7(10(18)19)13-5-14/h4-6H,1-3,11H2,(H,12,17)(H,15,16)(H,18,19). The first-order valence-electron chi connectivity index (χ1n) is 5.40. The van der Waals surface area contributed by atoms with Crippen molar-refractivity contribution in [2.75, 3.05) is 6.54 Å². The van der Waals surface area contributed by atoms with E-state index in [1.54, 1.807) is 0 Å². The van der Waals surface area contributed by atoms with Gasteiger partial charge in [-0.25, -0.2) is 9.78 Å². The summed E-state index contributed by atoms with van der Waals surface area (Å²) < 4.78 is 1.49. The molecule has 1 atom stereocenters. The highest BCUT2D eigenvalue weighted by molar-refractivity contribution is 5.86. The zero-order valence-corrected chi connectivity index (χ0v) is 9.94. The Morgan fingerprint density at radius 2 is 2.11 bits per heavy atom. The first kappa shape index (κ1) is 14.6. The molecule has 0 aromatic carbocycles. The number of amides is 1. The predicted molar refractivity (Wildman–Crippen MR) is 62.4 cm³/mol. The van der Waals surface area contributed by atoms with Crippen LogP contribution in [0.25, 0.3) is 0 Å². The minimum atomic E-state index is -1.15. The van der Waals surface area contributed by atoms with E-state index in [1.165, 1.54) is 17.1 Å². The van der Waals surface area contributed by atoms with Crippen LogP contribution in [0, 0.1) is 0 Å². The van der Waals surface area contributed by atoms with Crippen molar-refractivity contribution in [3.63, 3.8) is 0 Å². The predicted octanol–water partition coefficient (Wildman–Crippen LogP) is -1.50. The molecule has 1 heterocycles. The summed E-state index contributed by atoms with van der Waals surface area (Å²) in [6.07, 6.45) is 2.21. The Morgan fingerprint density at radius 3 is 2.63 bits per heavy atom. The van der Waals surface area contributed by atoms with Crippen LogP contribution in [0.15, 0.2) is 12.5 Å². The number of carbonyl (C=O) groups is 3. The van der Waals surface area contributed by atoms with Crippen LogP contribution in [0.3, 0.4) is 0 Å². The van der Waals surface area contributed by atoms with Crippen LogP contribution in [0.4, 0.5) is 0 Å². The zero-order chi connectivity index (χ0) is 14.4. The number of aromatic carboxylic acids is 1. The van der Waals surface area contributed by atoms with Gasteiger partial charge in [-0.1, -0.05) is 0 Å². The van der Waals surface area contributed by atoms with Gasteiger partial charge in [0.1, 0.15) is 0 Å². The van der Waals surface area contributed by atoms with Crippen LogP contribution in [0.5, 0.6) is 0 Å². The number of imidazole rings is 1. The largest absolute Gasteiger partial charge is 0.481 e. The maximum absolute atomic E-state index is 11.4. The van der Waals surface area contributed by atoms with Gasteiger partial charge in [0.25, 0.3) is 0 Å². The molecule has 0 saturated heterocycles. The third-order valence-corrected chi connectivity index (χ3v) is 2.25. The van der Waals surface area contributed by atoms with Crippen molar-refractivity contribution in [1.82, 2.24) is 14.9 Å². The highest BCUT2D eigenvalue weighted by atomic mass is 16.4. The highest BCUT2D eigenvalue weighted by Crippen LogP contribution is 1.95. The van der Waals surface area contributed by atoms with Crippen molar-refractivity contribution in [2.45, 2.75) is 19.0 Å². The molecule has 1 rings (SSSR count). The lowest BCUT2D eigenvalue weighted by molar-refractivity contribution is -0.139. The normalized spacial score (nSPS) is 11.8. The molecule has 1 aromatic heterocycles. The fourth-order valence-electron chi connectivity index (χ4n) is 1.31. The maximum atomic E-state index is 11.4. The maximum Gasteiger partial charge on any atom is 0.356 e. The summed E-state index contributed by atoms with van der Waals surface area (Å²) in [5, 5.41) is 19.6. The zero-order valence-electron chi connectivity index (χ0n) is 9.94. The Bertz CT molecular complexity index is 484. The quantitative estimate of drug-likeness (QED) is 0.471. The minimum Gasteiger partial charge on any atom is -0.481 e. The van der Waals surface area contributed by atoms with Crippen molar-refractivity contribution in [3.8, 4) is 0 Å². The van der Waals surface area contributed by atoms with Crippen molar-refractivity contribution in [2.24, 2.45) is 5.73 Å². The molecule has 0 aliphatic rings. The van der Waals surface area contributed by atoms with E-state index in [2.05, 4.69) is 10.3 Å². The molecule has 0 radical (unpaired) electrons. The summed E-state index contributed by atoms with van der Waals surface area (Å²) in [6, 6.07) is -1.10. The molecule has 0 spiro atoms. The Morgan fingerprint density at radius 1 is 1.42 bits per heavy atom. The van der Waals surface area contributed by atoms with E-state index in [4.69, 9.17) is 15.9 Å². The number of carboxylic acids is 2. The molecule has 1 unspecified atom stereocenters. The summed E-state index contributed by atoms with van der Waals surface area (Å²) in [5.41, 5.74) is 5.26. The van der Waals surface area contributed by atoms with Crippen LogP contribution < -0.4 is 11.1 Å². The van der Waals surface area contributed by atoms with Crippen molar-refractivity contribution >= 4 is 17.8 Å². The van der Waals surface area contributed by atoms with E-state index >= 15 is 0 Å². The van der Waals surface area contributed by atoms with Crippen LogP contribution >= 0.6 is 0 Å². The monoisotopic (exact) mass is 270 g/mol. The molecule has 0 saturated carbocycles. The molecule has 5 N–H and O–H groups in total. The van der Waals surface area contributed by atoms with E-state index in [-0.39, 0.29) is 12.2 Å². The van der Waals surface area contributed by atoms with Gasteiger partial charge >= 0.3 is 11.9 Å². The second-order valence-electron chi connectivity index (χ2n) is 3.80. The molecule has 104 valence electrons. The number of aliphatic carboxylic acids is 1. The van der Waals surface area contributed by atoms with E-state index in [0.717, 1.165) is 0 Å². The van der Waals surface area contributed by atoms with E-state index in [0.29, 0.717) is 6.54 Å². The summed E-state index contributed by atoms with van der Waals surface area (Å²) in [7, 11) is 0. The molecule has 1 aromatic rings. The fraction of sp³-hybridized carbons (Fsp3) is 0.400. The first-order chi connectivity index (χ1) is 8.90. The number of nitrogens with one attached hydrogen (secondary N) is 1. The number of carbonyl (C=O) groups excluding carboxylic acids is 1. The van der Waals surface area contributed by atoms with Gasteiger partial charge in [0.05, 0.1) is 18.8 Å². The van der Waals surface area contributed by atoms with Gasteiger partial charge in [-0.3, -0.25) is 9.59 Å². The van der Waals surface area contributed by atoms with Gasteiger partial charge in [-0.05, 0) is 0 Å². The molecule has 0 bridgehead atoms. The van der Waals surface area contributed by atoms with Gasteiger partial charge in [0.2, 0.25) is 5.91 Å². The van der Waals surface area contributed by atoms with Gasteiger partial charge in [0.15, 0.2) is 5.69 Å². The number of carboxylic acid groups (broad SMARTS) is 2. The molecule has 1 amide bonds. The summed E-state index contributed by atoms with van der Waals surface area (Å²) in [5.74, 6) is -2.85. The summed E-state index contributed by atoms with van der Waals surface area (Å²) >= 11 is 0. The lowest BCUT2D eigenvalue weighted by Crippen LogP contribution is -2.42. The number of nitrogens with two attached hydrogens (primary N) is 1. The Balaban J connectivity index is 2.35. The van der Waals surface area contributed by atoms with Crippen LogP contribution in [0.2, 0.25) is 0 Å². The third kappa shape index (κ3) is 4.76. The Kier molecular flexibility index (Phi) is 5.01. The fourth-order valence-corrected chi connectivity index (χ4v) is 1.31. The first-order valence-corrected chi connectivity index (χ1v) is 5.40. The number of hydrogen-bond acceptors (Lipinski definition) is 5. The summed E-state index contributed by atoms with van der Waals surface area (Å²) in [6.45, 7) is 0.507. The van der Waals surface area contributed by atoms with E-state index in [9.17, 15) is 14.4 Å². The lowest BCUT2D eigenvalue weighted by Gasteiger charge is -2.10. The number of aromatic nitrogens is 2. The minimum absolute atomic E-state index is 0.0890. The average molecular weight is 270 g/mol. The number of nitrogens with zero attached hydrogens (tertiary/aromatic N) is 2. The molecule has 9 heteroatoms. The number of hydrogen-bond donors (Lipinski definition) is 4. The van der Waals surface area contributed by atoms with Gasteiger partial charge < -0.3 is 25.8 Å². The van der Waals surface area contributed by atoms with Gasteiger partial charge in [-0.15, -0.1) is 0 Å². The molecule has 19 heavy (non-hydrogen) atoms. The highest BCUT2D eigenvalue weighted by Gasteiger charge is 2.16. The molecular formula is C10H14N4O5. The van der Waals surface area contributed by atoms with Crippen molar-refractivity contribution in [3.05, 3.63) is 18.2 Å². The average Bonchev–Trinajstić information content (AvgIpc) is 2.76. The molecule has 0 aliphatic heterocycles.